The lowest BCUT2D eigenvalue weighted by atomic mass is 10.1. The molecule has 2 fully saturated rings. The Kier molecular flexibility index (Phi) is 4.20. The van der Waals surface area contributed by atoms with E-state index in [1.807, 2.05) is 6.92 Å². The molecule has 3 rings (SSSR count). The van der Waals surface area contributed by atoms with Crippen molar-refractivity contribution in [3.8, 4) is 0 Å². The van der Waals surface area contributed by atoms with E-state index < -0.39 is 0 Å². The fourth-order valence-corrected chi connectivity index (χ4v) is 3.61. The summed E-state index contributed by atoms with van der Waals surface area (Å²) in [6, 6.07) is 2.78. The van der Waals surface area contributed by atoms with Crippen LogP contribution in [0.15, 0.2) is 6.07 Å². The molecule has 1 unspecified atom stereocenters. The van der Waals surface area contributed by atoms with Crippen LogP contribution in [0.2, 0.25) is 0 Å². The van der Waals surface area contributed by atoms with Gasteiger partial charge >= 0.3 is 0 Å². The summed E-state index contributed by atoms with van der Waals surface area (Å²) in [5.74, 6) is 2.03. The van der Waals surface area contributed by atoms with Gasteiger partial charge in [0.25, 0.3) is 0 Å². The van der Waals surface area contributed by atoms with Gasteiger partial charge in [-0.25, -0.2) is 9.97 Å². The van der Waals surface area contributed by atoms with Gasteiger partial charge in [0.15, 0.2) is 0 Å². The van der Waals surface area contributed by atoms with Gasteiger partial charge in [0.2, 0.25) is 0 Å². The van der Waals surface area contributed by atoms with E-state index >= 15 is 0 Å². The molecule has 0 spiro atoms. The molecule has 0 bridgehead atoms. The average Bonchev–Trinajstić information content (AvgIpc) is 2.87. The Bertz CT molecular complexity index is 434. The van der Waals surface area contributed by atoms with Crippen molar-refractivity contribution in [2.75, 3.05) is 31.1 Å². The molecule has 0 aromatic carbocycles. The Morgan fingerprint density at radius 3 is 2.60 bits per heavy atom. The zero-order valence-electron chi connectivity index (χ0n) is 12.8. The molecule has 0 aliphatic carbocycles. The summed E-state index contributed by atoms with van der Waals surface area (Å²) in [4.78, 5) is 14.2. The summed E-state index contributed by atoms with van der Waals surface area (Å²) in [5, 5.41) is 0. The first kappa shape index (κ1) is 13.8. The number of piperidine rings is 1. The maximum absolute atomic E-state index is 4.66. The number of rotatable bonds is 3. The second kappa shape index (κ2) is 6.08. The van der Waals surface area contributed by atoms with Crippen molar-refractivity contribution in [2.45, 2.75) is 52.0 Å². The van der Waals surface area contributed by atoms with Crippen LogP contribution in [0.4, 0.5) is 5.82 Å². The quantitative estimate of drug-likeness (QED) is 0.848. The summed E-state index contributed by atoms with van der Waals surface area (Å²) in [6.45, 7) is 8.98. The number of nitrogens with zero attached hydrogens (tertiary/aromatic N) is 4. The van der Waals surface area contributed by atoms with E-state index in [4.69, 9.17) is 0 Å². The third kappa shape index (κ3) is 3.11. The standard InChI is InChI=1S/C16H26N4/c1-13-11-16(18-14(2)17-13)20-10-6-7-15(20)12-19-8-4-3-5-9-19/h11,15H,3-10,12H2,1-2H3. The molecule has 0 amide bonds. The lowest BCUT2D eigenvalue weighted by Gasteiger charge is -2.33. The fourth-order valence-electron chi connectivity index (χ4n) is 3.61. The van der Waals surface area contributed by atoms with E-state index in [2.05, 4.69) is 32.8 Å². The van der Waals surface area contributed by atoms with Crippen LogP contribution in [0, 0.1) is 13.8 Å². The number of anilines is 1. The maximum Gasteiger partial charge on any atom is 0.132 e. The van der Waals surface area contributed by atoms with Crippen molar-refractivity contribution in [2.24, 2.45) is 0 Å². The number of hydrogen-bond donors (Lipinski definition) is 0. The SMILES string of the molecule is Cc1cc(N2CCCC2CN2CCCCC2)nc(C)n1. The van der Waals surface area contributed by atoms with E-state index in [1.54, 1.807) is 0 Å². The van der Waals surface area contributed by atoms with E-state index in [-0.39, 0.29) is 0 Å². The molecule has 2 aliphatic rings. The van der Waals surface area contributed by atoms with Crippen LogP contribution in [0.25, 0.3) is 0 Å². The zero-order chi connectivity index (χ0) is 13.9. The van der Waals surface area contributed by atoms with Crippen molar-refractivity contribution >= 4 is 5.82 Å². The van der Waals surface area contributed by atoms with Gasteiger partial charge in [-0.3, -0.25) is 0 Å². The van der Waals surface area contributed by atoms with Crippen LogP contribution in [-0.4, -0.2) is 47.1 Å². The van der Waals surface area contributed by atoms with Crippen LogP contribution in [-0.2, 0) is 0 Å². The van der Waals surface area contributed by atoms with Gasteiger partial charge in [-0.2, -0.15) is 0 Å². The van der Waals surface area contributed by atoms with Gasteiger partial charge in [-0.15, -0.1) is 0 Å². The molecule has 20 heavy (non-hydrogen) atoms. The molecule has 2 saturated heterocycles. The van der Waals surface area contributed by atoms with Gasteiger partial charge in [0, 0.05) is 30.9 Å². The highest BCUT2D eigenvalue weighted by Gasteiger charge is 2.28. The topological polar surface area (TPSA) is 32.3 Å². The molecule has 2 aliphatic heterocycles. The van der Waals surface area contributed by atoms with Crippen LogP contribution < -0.4 is 4.90 Å². The normalized spacial score (nSPS) is 24.3. The average molecular weight is 274 g/mol. The molecule has 3 heterocycles. The first-order valence-corrected chi connectivity index (χ1v) is 8.03. The van der Waals surface area contributed by atoms with Gasteiger partial charge < -0.3 is 9.80 Å². The Morgan fingerprint density at radius 1 is 1.05 bits per heavy atom. The molecule has 110 valence electrons. The second-order valence-electron chi connectivity index (χ2n) is 6.27. The van der Waals surface area contributed by atoms with E-state index in [0.717, 1.165) is 23.9 Å². The third-order valence-corrected chi connectivity index (χ3v) is 4.54. The van der Waals surface area contributed by atoms with Crippen molar-refractivity contribution < 1.29 is 0 Å². The molecular formula is C16H26N4. The Labute approximate surface area is 122 Å². The van der Waals surface area contributed by atoms with Gasteiger partial charge in [0.1, 0.15) is 11.6 Å². The van der Waals surface area contributed by atoms with Crippen LogP contribution in [0.1, 0.15) is 43.6 Å². The minimum atomic E-state index is 0.641. The summed E-state index contributed by atoms with van der Waals surface area (Å²) in [6.07, 6.45) is 6.76. The predicted molar refractivity (Wildman–Crippen MR) is 82.2 cm³/mol. The van der Waals surface area contributed by atoms with Crippen LogP contribution in [0.5, 0.6) is 0 Å². The van der Waals surface area contributed by atoms with Gasteiger partial charge in [-0.05, 0) is 52.6 Å². The predicted octanol–water partition coefficient (Wildman–Crippen LogP) is 2.55. The van der Waals surface area contributed by atoms with E-state index in [1.165, 1.54) is 51.7 Å². The molecule has 1 aromatic rings. The summed E-state index contributed by atoms with van der Waals surface area (Å²) < 4.78 is 0. The highest BCUT2D eigenvalue weighted by Crippen LogP contribution is 2.25. The minimum Gasteiger partial charge on any atom is -0.352 e. The van der Waals surface area contributed by atoms with Crippen molar-refractivity contribution in [1.29, 1.82) is 0 Å². The van der Waals surface area contributed by atoms with Gasteiger partial charge in [0.05, 0.1) is 0 Å². The lowest BCUT2D eigenvalue weighted by Crippen LogP contribution is -2.42. The number of hydrogen-bond acceptors (Lipinski definition) is 4. The zero-order valence-corrected chi connectivity index (χ0v) is 12.8. The van der Waals surface area contributed by atoms with Crippen LogP contribution in [0.3, 0.4) is 0 Å². The summed E-state index contributed by atoms with van der Waals surface area (Å²) in [5.41, 5.74) is 1.08. The fraction of sp³-hybridized carbons (Fsp3) is 0.750. The molecule has 0 N–H and O–H groups in total. The first-order valence-electron chi connectivity index (χ1n) is 8.03. The molecule has 4 heteroatoms. The summed E-state index contributed by atoms with van der Waals surface area (Å²) >= 11 is 0. The second-order valence-corrected chi connectivity index (χ2v) is 6.27. The van der Waals surface area contributed by atoms with Crippen molar-refractivity contribution in [1.82, 2.24) is 14.9 Å². The molecule has 1 atom stereocenters. The monoisotopic (exact) mass is 274 g/mol. The Morgan fingerprint density at radius 2 is 1.85 bits per heavy atom. The molecule has 1 aromatic heterocycles. The Hall–Kier alpha value is -1.16. The van der Waals surface area contributed by atoms with Crippen molar-refractivity contribution in [3.05, 3.63) is 17.6 Å². The number of aryl methyl sites for hydroxylation is 2. The van der Waals surface area contributed by atoms with Gasteiger partial charge in [-0.1, -0.05) is 6.42 Å². The van der Waals surface area contributed by atoms with E-state index in [0.29, 0.717) is 6.04 Å². The summed E-state index contributed by atoms with van der Waals surface area (Å²) in [7, 11) is 0. The maximum atomic E-state index is 4.66. The third-order valence-electron chi connectivity index (χ3n) is 4.54. The number of likely N-dealkylation sites (tertiary alicyclic amines) is 1. The first-order chi connectivity index (χ1) is 9.72. The van der Waals surface area contributed by atoms with Crippen LogP contribution >= 0.6 is 0 Å². The highest BCUT2D eigenvalue weighted by atomic mass is 15.3. The molecule has 0 saturated carbocycles. The minimum absolute atomic E-state index is 0.641. The number of aromatic nitrogens is 2. The van der Waals surface area contributed by atoms with Crippen molar-refractivity contribution in [3.63, 3.8) is 0 Å². The molecule has 0 radical (unpaired) electrons. The molecule has 4 nitrogen and oxygen atoms in total. The smallest absolute Gasteiger partial charge is 0.132 e. The van der Waals surface area contributed by atoms with E-state index in [9.17, 15) is 0 Å². The Balaban J connectivity index is 1.71. The lowest BCUT2D eigenvalue weighted by molar-refractivity contribution is 0.216. The largest absolute Gasteiger partial charge is 0.352 e. The molecular weight excluding hydrogens is 248 g/mol. The highest BCUT2D eigenvalue weighted by molar-refractivity contribution is 5.42.